The van der Waals surface area contributed by atoms with Gasteiger partial charge in [0.05, 0.1) is 4.90 Å². The van der Waals surface area contributed by atoms with E-state index in [-0.39, 0.29) is 17.0 Å². The number of piperidine rings is 2. The number of hydrogen-bond acceptors (Lipinski definition) is 2. The molecule has 0 aliphatic carbocycles. The molecule has 19 heavy (non-hydrogen) atoms. The second-order valence-corrected chi connectivity index (χ2v) is 7.30. The van der Waals surface area contributed by atoms with Gasteiger partial charge < -0.3 is 0 Å². The topological polar surface area (TPSA) is 37.4 Å². The molecule has 0 aromatic heterocycles. The molecule has 2 bridgehead atoms. The molecule has 0 unspecified atom stereocenters. The van der Waals surface area contributed by atoms with Crippen LogP contribution in [0.15, 0.2) is 29.2 Å². The van der Waals surface area contributed by atoms with Crippen LogP contribution in [0.2, 0.25) is 0 Å². The van der Waals surface area contributed by atoms with E-state index in [9.17, 15) is 12.8 Å². The van der Waals surface area contributed by atoms with Gasteiger partial charge in [-0.25, -0.2) is 12.8 Å². The standard InChI is InChI=1S/C14H18FNO2S/c15-11-7-9-14(10-8-11)19(17,18)16-12-3-1-4-13(16)6-2-5-12/h7-10,12-13H,1-6H2. The number of fused-ring (bicyclic) bond motifs is 2. The minimum absolute atomic E-state index is 0.141. The second-order valence-electron chi connectivity index (χ2n) is 5.46. The number of benzene rings is 1. The van der Waals surface area contributed by atoms with E-state index in [4.69, 9.17) is 0 Å². The van der Waals surface area contributed by atoms with E-state index < -0.39 is 15.8 Å². The highest BCUT2D eigenvalue weighted by Crippen LogP contribution is 2.37. The van der Waals surface area contributed by atoms with E-state index in [0.29, 0.717) is 0 Å². The van der Waals surface area contributed by atoms with Crippen molar-refractivity contribution in [2.24, 2.45) is 0 Å². The Kier molecular flexibility index (Phi) is 3.35. The number of hydrogen-bond donors (Lipinski definition) is 0. The lowest BCUT2D eigenvalue weighted by molar-refractivity contribution is 0.124. The largest absolute Gasteiger partial charge is 0.243 e. The molecule has 0 atom stereocenters. The van der Waals surface area contributed by atoms with Crippen molar-refractivity contribution in [1.82, 2.24) is 4.31 Å². The van der Waals surface area contributed by atoms with E-state index in [1.807, 2.05) is 0 Å². The van der Waals surface area contributed by atoms with Gasteiger partial charge in [-0.2, -0.15) is 4.31 Å². The number of sulfonamides is 1. The third-order valence-corrected chi connectivity index (χ3v) is 6.28. The van der Waals surface area contributed by atoms with Gasteiger partial charge in [0, 0.05) is 12.1 Å². The normalized spacial score (nSPS) is 28.3. The van der Waals surface area contributed by atoms with Crippen LogP contribution in [-0.2, 0) is 10.0 Å². The molecular weight excluding hydrogens is 265 g/mol. The third kappa shape index (κ3) is 2.30. The lowest BCUT2D eigenvalue weighted by Crippen LogP contribution is -2.52. The zero-order chi connectivity index (χ0) is 13.5. The highest BCUT2D eigenvalue weighted by molar-refractivity contribution is 7.89. The fourth-order valence-electron chi connectivity index (χ4n) is 3.39. The zero-order valence-electron chi connectivity index (χ0n) is 10.8. The van der Waals surface area contributed by atoms with Crippen LogP contribution in [0.1, 0.15) is 38.5 Å². The van der Waals surface area contributed by atoms with E-state index in [2.05, 4.69) is 0 Å². The van der Waals surface area contributed by atoms with Crippen LogP contribution in [0.3, 0.4) is 0 Å². The summed E-state index contributed by atoms with van der Waals surface area (Å²) < 4.78 is 40.1. The summed E-state index contributed by atoms with van der Waals surface area (Å²) in [7, 11) is -3.47. The quantitative estimate of drug-likeness (QED) is 0.837. The molecule has 1 aromatic carbocycles. The molecule has 2 saturated heterocycles. The molecule has 0 amide bonds. The Labute approximate surface area is 113 Å². The van der Waals surface area contributed by atoms with Crippen molar-refractivity contribution in [2.75, 3.05) is 0 Å². The third-order valence-electron chi connectivity index (χ3n) is 4.26. The zero-order valence-corrected chi connectivity index (χ0v) is 11.6. The Balaban J connectivity index is 1.97. The summed E-state index contributed by atoms with van der Waals surface area (Å²) in [5.41, 5.74) is 0. The average molecular weight is 283 g/mol. The first kappa shape index (κ1) is 13.1. The van der Waals surface area contributed by atoms with Crippen LogP contribution < -0.4 is 0 Å². The maximum Gasteiger partial charge on any atom is 0.243 e. The van der Waals surface area contributed by atoms with E-state index in [0.717, 1.165) is 38.5 Å². The van der Waals surface area contributed by atoms with Gasteiger partial charge in [0.2, 0.25) is 10.0 Å². The minimum atomic E-state index is -3.47. The molecule has 2 aliphatic heterocycles. The van der Waals surface area contributed by atoms with E-state index >= 15 is 0 Å². The predicted octanol–water partition coefficient (Wildman–Crippen LogP) is 2.92. The molecule has 2 heterocycles. The number of halogens is 1. The Morgan fingerprint density at radius 3 is 1.89 bits per heavy atom. The van der Waals surface area contributed by atoms with Crippen LogP contribution in [0.25, 0.3) is 0 Å². The summed E-state index contributed by atoms with van der Waals surface area (Å²) in [5, 5.41) is 0. The maximum atomic E-state index is 12.9. The molecule has 104 valence electrons. The first-order valence-electron chi connectivity index (χ1n) is 6.88. The Bertz CT molecular complexity index is 533. The van der Waals surface area contributed by atoms with Gasteiger partial charge in [0.25, 0.3) is 0 Å². The summed E-state index contributed by atoms with van der Waals surface area (Å²) in [6.07, 6.45) is 6.05. The van der Waals surface area contributed by atoms with Crippen molar-refractivity contribution in [1.29, 1.82) is 0 Å². The minimum Gasteiger partial charge on any atom is -0.207 e. The van der Waals surface area contributed by atoms with Crippen LogP contribution in [0, 0.1) is 5.82 Å². The molecule has 0 N–H and O–H groups in total. The molecule has 3 rings (SSSR count). The number of rotatable bonds is 2. The Morgan fingerprint density at radius 1 is 0.947 bits per heavy atom. The van der Waals surface area contributed by atoms with Crippen molar-refractivity contribution < 1.29 is 12.8 Å². The van der Waals surface area contributed by atoms with Crippen LogP contribution >= 0.6 is 0 Å². The van der Waals surface area contributed by atoms with Gasteiger partial charge in [-0.1, -0.05) is 12.8 Å². The van der Waals surface area contributed by atoms with Crippen LogP contribution in [-0.4, -0.2) is 24.8 Å². The fourth-order valence-corrected chi connectivity index (χ4v) is 5.32. The SMILES string of the molecule is O=S(=O)(c1ccc(F)cc1)N1C2CCCC1CCC2. The van der Waals surface area contributed by atoms with Gasteiger partial charge in [-0.05, 0) is 49.9 Å². The highest BCUT2D eigenvalue weighted by atomic mass is 32.2. The van der Waals surface area contributed by atoms with Crippen LogP contribution in [0.5, 0.6) is 0 Å². The maximum absolute atomic E-state index is 12.9. The summed E-state index contributed by atoms with van der Waals surface area (Å²) in [5.74, 6) is -0.405. The molecule has 0 saturated carbocycles. The lowest BCUT2D eigenvalue weighted by atomic mass is 9.87. The molecule has 5 heteroatoms. The second kappa shape index (κ2) is 4.87. The summed E-state index contributed by atoms with van der Waals surface area (Å²) in [6.45, 7) is 0. The van der Waals surface area contributed by atoms with E-state index in [1.165, 1.54) is 24.3 Å². The lowest BCUT2D eigenvalue weighted by Gasteiger charge is -2.44. The Hall–Kier alpha value is -0.940. The Morgan fingerprint density at radius 2 is 1.42 bits per heavy atom. The predicted molar refractivity (Wildman–Crippen MR) is 70.7 cm³/mol. The first-order valence-corrected chi connectivity index (χ1v) is 8.32. The highest BCUT2D eigenvalue weighted by Gasteiger charge is 2.41. The average Bonchev–Trinajstić information content (AvgIpc) is 2.38. The van der Waals surface area contributed by atoms with Gasteiger partial charge in [-0.15, -0.1) is 0 Å². The van der Waals surface area contributed by atoms with Crippen molar-refractivity contribution in [3.63, 3.8) is 0 Å². The van der Waals surface area contributed by atoms with Gasteiger partial charge in [0.15, 0.2) is 0 Å². The van der Waals surface area contributed by atoms with Crippen molar-refractivity contribution in [3.8, 4) is 0 Å². The van der Waals surface area contributed by atoms with Crippen molar-refractivity contribution in [3.05, 3.63) is 30.1 Å². The summed E-state index contributed by atoms with van der Waals surface area (Å²) in [4.78, 5) is 0.215. The number of nitrogens with zero attached hydrogens (tertiary/aromatic N) is 1. The molecule has 2 fully saturated rings. The monoisotopic (exact) mass is 283 g/mol. The van der Waals surface area contributed by atoms with Gasteiger partial charge >= 0.3 is 0 Å². The van der Waals surface area contributed by atoms with E-state index in [1.54, 1.807) is 4.31 Å². The molecular formula is C14H18FNO2S. The molecule has 3 nitrogen and oxygen atoms in total. The van der Waals surface area contributed by atoms with Crippen molar-refractivity contribution in [2.45, 2.75) is 55.5 Å². The molecule has 2 aliphatic rings. The molecule has 0 radical (unpaired) electrons. The van der Waals surface area contributed by atoms with Gasteiger partial charge in [0.1, 0.15) is 5.82 Å². The molecule has 0 spiro atoms. The molecule has 1 aromatic rings. The summed E-state index contributed by atoms with van der Waals surface area (Å²) >= 11 is 0. The van der Waals surface area contributed by atoms with Gasteiger partial charge in [-0.3, -0.25) is 0 Å². The van der Waals surface area contributed by atoms with Crippen molar-refractivity contribution >= 4 is 10.0 Å². The summed E-state index contributed by atoms with van der Waals surface area (Å²) in [6, 6.07) is 5.45. The smallest absolute Gasteiger partial charge is 0.207 e. The van der Waals surface area contributed by atoms with Crippen LogP contribution in [0.4, 0.5) is 4.39 Å². The fraction of sp³-hybridized carbons (Fsp3) is 0.571. The first-order chi connectivity index (χ1) is 9.09.